The lowest BCUT2D eigenvalue weighted by Gasteiger charge is -2.08. The first-order valence-electron chi connectivity index (χ1n) is 6.20. The molecule has 2 aromatic heterocycles. The molecule has 0 saturated heterocycles. The van der Waals surface area contributed by atoms with Crippen molar-refractivity contribution in [3.8, 4) is 0 Å². The van der Waals surface area contributed by atoms with E-state index in [0.29, 0.717) is 0 Å². The predicted molar refractivity (Wildman–Crippen MR) is 89.3 cm³/mol. The molecule has 0 amide bonds. The van der Waals surface area contributed by atoms with Gasteiger partial charge in [0.2, 0.25) is 0 Å². The molecule has 98 valence electrons. The molecular formula is C15H14BrNS2. The fraction of sp³-hybridized carbons (Fsp3) is 0.200. The van der Waals surface area contributed by atoms with Crippen molar-refractivity contribution < 1.29 is 0 Å². The third-order valence-corrected chi connectivity index (χ3v) is 6.54. The highest BCUT2D eigenvalue weighted by Gasteiger charge is 2.16. The summed E-state index contributed by atoms with van der Waals surface area (Å²) in [6, 6.07) is 10.6. The molecule has 3 rings (SSSR count). The molecule has 0 bridgehead atoms. The van der Waals surface area contributed by atoms with Crippen LogP contribution < -0.4 is 5.73 Å². The minimum atomic E-state index is -0.0200. The average Bonchev–Trinajstić information content (AvgIpc) is 3.05. The van der Waals surface area contributed by atoms with E-state index in [4.69, 9.17) is 5.73 Å². The Morgan fingerprint density at radius 2 is 2.11 bits per heavy atom. The van der Waals surface area contributed by atoms with E-state index in [-0.39, 0.29) is 6.04 Å². The number of thiophene rings is 2. The van der Waals surface area contributed by atoms with Gasteiger partial charge in [-0.1, -0.05) is 19.1 Å². The zero-order chi connectivity index (χ0) is 13.4. The van der Waals surface area contributed by atoms with Gasteiger partial charge in [-0.3, -0.25) is 0 Å². The summed E-state index contributed by atoms with van der Waals surface area (Å²) in [7, 11) is 0. The monoisotopic (exact) mass is 351 g/mol. The SMILES string of the molecule is CCc1ccc(C(N)c2csc3c(Br)cccc23)s1. The van der Waals surface area contributed by atoms with Crippen LogP contribution in [0.1, 0.15) is 28.3 Å². The fourth-order valence-corrected chi connectivity index (χ4v) is 4.82. The van der Waals surface area contributed by atoms with E-state index in [1.54, 1.807) is 11.3 Å². The first kappa shape index (κ1) is 13.3. The van der Waals surface area contributed by atoms with Crippen molar-refractivity contribution in [3.05, 3.63) is 55.5 Å². The maximum absolute atomic E-state index is 6.45. The van der Waals surface area contributed by atoms with Crippen LogP contribution in [-0.4, -0.2) is 0 Å². The van der Waals surface area contributed by atoms with Crippen molar-refractivity contribution in [3.63, 3.8) is 0 Å². The van der Waals surface area contributed by atoms with Crippen LogP contribution in [0, 0.1) is 0 Å². The van der Waals surface area contributed by atoms with Crippen molar-refractivity contribution in [1.82, 2.24) is 0 Å². The number of rotatable bonds is 3. The molecule has 1 aromatic carbocycles. The quantitative estimate of drug-likeness (QED) is 0.677. The molecule has 0 aliphatic carbocycles. The standard InChI is InChI=1S/C15H14BrNS2/c1-2-9-6-7-13(19-9)14(17)11-8-18-15-10(11)4-3-5-12(15)16/h3-8,14H,2,17H2,1H3. The Hall–Kier alpha value is -0.680. The Balaban J connectivity index is 2.06. The Kier molecular flexibility index (Phi) is 3.76. The summed E-state index contributed by atoms with van der Waals surface area (Å²) < 4.78 is 2.43. The van der Waals surface area contributed by atoms with Crippen molar-refractivity contribution >= 4 is 48.7 Å². The molecule has 2 N–H and O–H groups in total. The van der Waals surface area contributed by atoms with Gasteiger partial charge in [-0.25, -0.2) is 0 Å². The number of hydrogen-bond donors (Lipinski definition) is 1. The second-order valence-corrected chi connectivity index (χ2v) is 7.38. The lowest BCUT2D eigenvalue weighted by molar-refractivity contribution is 0.908. The van der Waals surface area contributed by atoms with Crippen LogP contribution in [0.3, 0.4) is 0 Å². The van der Waals surface area contributed by atoms with Gasteiger partial charge in [0.1, 0.15) is 0 Å². The topological polar surface area (TPSA) is 26.0 Å². The van der Waals surface area contributed by atoms with Crippen LogP contribution in [0.5, 0.6) is 0 Å². The van der Waals surface area contributed by atoms with Crippen LogP contribution in [0.2, 0.25) is 0 Å². The predicted octanol–water partition coefficient (Wildman–Crippen LogP) is 5.34. The summed E-state index contributed by atoms with van der Waals surface area (Å²) >= 11 is 7.18. The van der Waals surface area contributed by atoms with Crippen LogP contribution in [0.15, 0.2) is 40.2 Å². The minimum Gasteiger partial charge on any atom is -0.320 e. The molecule has 0 aliphatic rings. The zero-order valence-corrected chi connectivity index (χ0v) is 13.7. The lowest BCUT2D eigenvalue weighted by Crippen LogP contribution is -2.09. The first-order valence-corrected chi connectivity index (χ1v) is 8.69. The summed E-state index contributed by atoms with van der Waals surface area (Å²) in [5.74, 6) is 0. The van der Waals surface area contributed by atoms with Gasteiger partial charge in [-0.2, -0.15) is 0 Å². The molecule has 0 aliphatic heterocycles. The van der Waals surface area contributed by atoms with Gasteiger partial charge in [-0.05, 0) is 56.9 Å². The number of fused-ring (bicyclic) bond motifs is 1. The van der Waals surface area contributed by atoms with Crippen LogP contribution in [0.4, 0.5) is 0 Å². The molecular weight excluding hydrogens is 338 g/mol. The molecule has 2 heterocycles. The first-order chi connectivity index (χ1) is 9.20. The number of hydrogen-bond acceptors (Lipinski definition) is 3. The third kappa shape index (κ3) is 2.38. The fourth-order valence-electron chi connectivity index (χ4n) is 2.19. The van der Waals surface area contributed by atoms with E-state index in [1.165, 1.54) is 25.4 Å². The number of aryl methyl sites for hydroxylation is 1. The number of benzene rings is 1. The van der Waals surface area contributed by atoms with Crippen molar-refractivity contribution in [2.75, 3.05) is 0 Å². The summed E-state index contributed by atoms with van der Waals surface area (Å²) in [5, 5.41) is 3.45. The van der Waals surface area contributed by atoms with Crippen molar-refractivity contribution in [2.45, 2.75) is 19.4 Å². The summed E-state index contributed by atoms with van der Waals surface area (Å²) in [5.41, 5.74) is 7.67. The molecule has 3 aromatic rings. The molecule has 0 saturated carbocycles. The summed E-state index contributed by atoms with van der Waals surface area (Å²) in [4.78, 5) is 2.64. The van der Waals surface area contributed by atoms with Gasteiger partial charge in [0.05, 0.1) is 6.04 Å². The minimum absolute atomic E-state index is 0.0200. The van der Waals surface area contributed by atoms with E-state index in [0.717, 1.165) is 10.9 Å². The highest BCUT2D eigenvalue weighted by atomic mass is 79.9. The molecule has 0 radical (unpaired) electrons. The highest BCUT2D eigenvalue weighted by Crippen LogP contribution is 2.37. The molecule has 1 nitrogen and oxygen atoms in total. The second kappa shape index (κ2) is 5.37. The van der Waals surface area contributed by atoms with Crippen LogP contribution >= 0.6 is 38.6 Å². The van der Waals surface area contributed by atoms with E-state index >= 15 is 0 Å². The summed E-state index contributed by atoms with van der Waals surface area (Å²) in [6.07, 6.45) is 1.08. The zero-order valence-electron chi connectivity index (χ0n) is 10.5. The van der Waals surface area contributed by atoms with Crippen molar-refractivity contribution in [2.24, 2.45) is 5.73 Å². The number of nitrogens with two attached hydrogens (primary N) is 1. The Morgan fingerprint density at radius 3 is 2.84 bits per heavy atom. The summed E-state index contributed by atoms with van der Waals surface area (Å²) in [6.45, 7) is 2.18. The van der Waals surface area contributed by atoms with Gasteiger partial charge in [0.15, 0.2) is 0 Å². The largest absolute Gasteiger partial charge is 0.320 e. The van der Waals surface area contributed by atoms with E-state index in [1.807, 2.05) is 11.3 Å². The maximum atomic E-state index is 6.45. The average molecular weight is 352 g/mol. The number of halogens is 1. The molecule has 1 atom stereocenters. The lowest BCUT2D eigenvalue weighted by atomic mass is 10.1. The van der Waals surface area contributed by atoms with Gasteiger partial charge in [-0.15, -0.1) is 22.7 Å². The normalized spacial score (nSPS) is 13.0. The van der Waals surface area contributed by atoms with Crippen LogP contribution in [0.25, 0.3) is 10.1 Å². The van der Waals surface area contributed by atoms with E-state index in [9.17, 15) is 0 Å². The molecule has 1 unspecified atom stereocenters. The van der Waals surface area contributed by atoms with E-state index < -0.39 is 0 Å². The Labute approximate surface area is 129 Å². The third-order valence-electron chi connectivity index (χ3n) is 3.25. The second-order valence-electron chi connectivity index (χ2n) is 4.44. The van der Waals surface area contributed by atoms with Gasteiger partial charge in [0.25, 0.3) is 0 Å². The Morgan fingerprint density at radius 1 is 1.26 bits per heavy atom. The van der Waals surface area contributed by atoms with Crippen molar-refractivity contribution in [1.29, 1.82) is 0 Å². The smallest absolute Gasteiger partial charge is 0.0660 e. The van der Waals surface area contributed by atoms with Gasteiger partial charge >= 0.3 is 0 Å². The molecule has 4 heteroatoms. The van der Waals surface area contributed by atoms with Gasteiger partial charge < -0.3 is 5.73 Å². The van der Waals surface area contributed by atoms with E-state index in [2.05, 4.69) is 58.6 Å². The molecule has 0 fully saturated rings. The van der Waals surface area contributed by atoms with Gasteiger partial charge in [0, 0.05) is 18.9 Å². The Bertz CT molecular complexity index is 714. The maximum Gasteiger partial charge on any atom is 0.0660 e. The van der Waals surface area contributed by atoms with Crippen LogP contribution in [-0.2, 0) is 6.42 Å². The highest BCUT2D eigenvalue weighted by molar-refractivity contribution is 9.10. The molecule has 19 heavy (non-hydrogen) atoms. The molecule has 0 spiro atoms.